The molecule has 0 bridgehead atoms. The Morgan fingerprint density at radius 3 is 3.00 bits per heavy atom. The predicted octanol–water partition coefficient (Wildman–Crippen LogP) is 2.31. The molecule has 0 spiro atoms. The lowest BCUT2D eigenvalue weighted by Crippen LogP contribution is -1.75. The van der Waals surface area contributed by atoms with Gasteiger partial charge in [0.1, 0.15) is 0 Å². The smallest absolute Gasteiger partial charge is 0.178 e. The third kappa shape index (κ3) is 2.00. The summed E-state index contributed by atoms with van der Waals surface area (Å²) < 4.78 is 18.4. The molecule has 0 radical (unpaired) electrons. The molecule has 2 aromatic rings. The van der Waals surface area contributed by atoms with Gasteiger partial charge in [0.25, 0.3) is 0 Å². The normalized spacial score (nSPS) is 10.0. The number of aliphatic hydroxyl groups excluding tert-OH is 1. The van der Waals surface area contributed by atoms with E-state index in [1.807, 2.05) is 0 Å². The van der Waals surface area contributed by atoms with Gasteiger partial charge < -0.3 is 9.52 Å². The Morgan fingerprint density at radius 2 is 2.27 bits per heavy atom. The van der Waals surface area contributed by atoms with Crippen LogP contribution < -0.4 is 0 Å². The fraction of sp³-hybridized carbons (Fsp3) is 0.167. The zero-order chi connectivity index (χ0) is 10.7. The Kier molecular flexibility index (Phi) is 2.70. The maximum atomic E-state index is 13.2. The molecule has 3 heteroatoms. The molecule has 0 aliphatic rings. The molecule has 0 aliphatic carbocycles. The molecule has 0 aliphatic heterocycles. The van der Waals surface area contributed by atoms with E-state index < -0.39 is 0 Å². The van der Waals surface area contributed by atoms with Crippen LogP contribution >= 0.6 is 0 Å². The van der Waals surface area contributed by atoms with Crippen LogP contribution in [0.4, 0.5) is 4.39 Å². The van der Waals surface area contributed by atoms with Crippen LogP contribution in [0, 0.1) is 17.7 Å². The van der Waals surface area contributed by atoms with Gasteiger partial charge in [-0.05, 0) is 12.0 Å². The Hall–Kier alpha value is -1.79. The summed E-state index contributed by atoms with van der Waals surface area (Å²) in [7, 11) is 0. The van der Waals surface area contributed by atoms with Gasteiger partial charge in [-0.1, -0.05) is 18.1 Å². The summed E-state index contributed by atoms with van der Waals surface area (Å²) in [5.41, 5.74) is 0.228. The molecule has 76 valence electrons. The second-order valence-electron chi connectivity index (χ2n) is 3.04. The Bertz CT molecular complexity index is 531. The van der Waals surface area contributed by atoms with Crippen molar-refractivity contribution in [3.8, 4) is 11.8 Å². The molecule has 1 N–H and O–H groups in total. The van der Waals surface area contributed by atoms with E-state index in [0.717, 1.165) is 0 Å². The minimum atomic E-state index is -0.386. The minimum absolute atomic E-state index is 0.0155. The topological polar surface area (TPSA) is 33.4 Å². The molecular formula is C12H9FO2. The molecule has 0 unspecified atom stereocenters. The average molecular weight is 204 g/mol. The third-order valence-electron chi connectivity index (χ3n) is 1.94. The molecular weight excluding hydrogens is 195 g/mol. The summed E-state index contributed by atoms with van der Waals surface area (Å²) in [5.74, 6) is 5.47. The van der Waals surface area contributed by atoms with Crippen molar-refractivity contribution in [3.05, 3.63) is 35.8 Å². The number of para-hydroxylation sites is 1. The van der Waals surface area contributed by atoms with E-state index in [9.17, 15) is 4.39 Å². The van der Waals surface area contributed by atoms with Gasteiger partial charge in [-0.3, -0.25) is 0 Å². The Morgan fingerprint density at radius 1 is 1.40 bits per heavy atom. The van der Waals surface area contributed by atoms with Crippen molar-refractivity contribution in [2.75, 3.05) is 6.61 Å². The zero-order valence-corrected chi connectivity index (χ0v) is 7.96. The van der Waals surface area contributed by atoms with Crippen molar-refractivity contribution >= 4 is 11.0 Å². The predicted molar refractivity (Wildman–Crippen MR) is 54.8 cm³/mol. The summed E-state index contributed by atoms with van der Waals surface area (Å²) in [6.07, 6.45) is 0.388. The highest BCUT2D eigenvalue weighted by atomic mass is 19.1. The molecule has 0 atom stereocenters. The second-order valence-corrected chi connectivity index (χ2v) is 3.04. The summed E-state index contributed by atoms with van der Waals surface area (Å²) in [6, 6.07) is 6.41. The number of rotatable bonds is 1. The monoisotopic (exact) mass is 204 g/mol. The van der Waals surface area contributed by atoms with Gasteiger partial charge in [0.15, 0.2) is 17.2 Å². The molecule has 1 heterocycles. The van der Waals surface area contributed by atoms with Crippen LogP contribution in [0.2, 0.25) is 0 Å². The summed E-state index contributed by atoms with van der Waals surface area (Å²) in [5, 5.41) is 9.23. The first-order valence-electron chi connectivity index (χ1n) is 4.59. The van der Waals surface area contributed by atoms with E-state index in [-0.39, 0.29) is 18.0 Å². The number of furan rings is 1. The van der Waals surface area contributed by atoms with E-state index in [1.165, 1.54) is 6.07 Å². The molecule has 15 heavy (non-hydrogen) atoms. The summed E-state index contributed by atoms with van der Waals surface area (Å²) in [6.45, 7) is 0.0155. The van der Waals surface area contributed by atoms with Gasteiger partial charge in [0, 0.05) is 17.9 Å². The van der Waals surface area contributed by atoms with Gasteiger partial charge in [0.05, 0.1) is 6.61 Å². The highest BCUT2D eigenvalue weighted by Crippen LogP contribution is 2.21. The molecule has 0 fully saturated rings. The van der Waals surface area contributed by atoms with Crippen molar-refractivity contribution in [1.82, 2.24) is 0 Å². The highest BCUT2D eigenvalue weighted by molar-refractivity contribution is 5.79. The van der Waals surface area contributed by atoms with Crippen molar-refractivity contribution in [2.45, 2.75) is 6.42 Å². The van der Waals surface area contributed by atoms with Crippen molar-refractivity contribution < 1.29 is 13.9 Å². The van der Waals surface area contributed by atoms with Crippen LogP contribution in [0.3, 0.4) is 0 Å². The molecule has 2 nitrogen and oxygen atoms in total. The second kappa shape index (κ2) is 4.16. The largest absolute Gasteiger partial charge is 0.445 e. The highest BCUT2D eigenvalue weighted by Gasteiger charge is 2.05. The van der Waals surface area contributed by atoms with Crippen LogP contribution in [-0.4, -0.2) is 11.7 Å². The number of aliphatic hydroxyl groups is 1. The van der Waals surface area contributed by atoms with Crippen LogP contribution in [0.25, 0.3) is 11.0 Å². The van der Waals surface area contributed by atoms with Crippen LogP contribution in [-0.2, 0) is 0 Å². The number of halogens is 1. The molecule has 0 saturated heterocycles. The number of hydrogen-bond donors (Lipinski definition) is 1. The molecule has 1 aromatic carbocycles. The van der Waals surface area contributed by atoms with E-state index in [0.29, 0.717) is 17.6 Å². The van der Waals surface area contributed by atoms with Crippen molar-refractivity contribution in [2.24, 2.45) is 0 Å². The molecule has 1 aromatic heterocycles. The fourth-order valence-corrected chi connectivity index (χ4v) is 1.29. The average Bonchev–Trinajstić information content (AvgIpc) is 2.63. The third-order valence-corrected chi connectivity index (χ3v) is 1.94. The SMILES string of the molecule is OCCC#Cc1cc2cccc(F)c2o1. The Balaban J connectivity index is 2.40. The standard InChI is InChI=1S/C12H9FO2/c13-11-6-3-4-9-8-10(15-12(9)11)5-1-2-7-14/h3-4,6,8,14H,2,7H2. The van der Waals surface area contributed by atoms with E-state index in [4.69, 9.17) is 9.52 Å². The summed E-state index contributed by atoms with van der Waals surface area (Å²) >= 11 is 0. The lowest BCUT2D eigenvalue weighted by Gasteiger charge is -1.87. The lowest BCUT2D eigenvalue weighted by atomic mass is 10.2. The van der Waals surface area contributed by atoms with Crippen molar-refractivity contribution in [3.63, 3.8) is 0 Å². The summed E-state index contributed by atoms with van der Waals surface area (Å²) in [4.78, 5) is 0. The molecule has 2 rings (SSSR count). The van der Waals surface area contributed by atoms with Crippen LogP contribution in [0.1, 0.15) is 12.2 Å². The first kappa shape index (κ1) is 9.75. The van der Waals surface area contributed by atoms with Crippen LogP contribution in [0.5, 0.6) is 0 Å². The van der Waals surface area contributed by atoms with Crippen molar-refractivity contribution in [1.29, 1.82) is 0 Å². The maximum Gasteiger partial charge on any atom is 0.178 e. The van der Waals surface area contributed by atoms with E-state index in [2.05, 4.69) is 11.8 Å². The first-order chi connectivity index (χ1) is 7.31. The number of hydrogen-bond acceptors (Lipinski definition) is 2. The number of fused-ring (bicyclic) bond motifs is 1. The quantitative estimate of drug-likeness (QED) is 0.723. The van der Waals surface area contributed by atoms with E-state index >= 15 is 0 Å². The zero-order valence-electron chi connectivity index (χ0n) is 7.96. The molecule has 0 saturated carbocycles. The maximum absolute atomic E-state index is 13.2. The fourth-order valence-electron chi connectivity index (χ4n) is 1.29. The van der Waals surface area contributed by atoms with Gasteiger partial charge in [-0.25, -0.2) is 4.39 Å². The van der Waals surface area contributed by atoms with Gasteiger partial charge >= 0.3 is 0 Å². The Labute approximate surface area is 86.3 Å². The first-order valence-corrected chi connectivity index (χ1v) is 4.59. The van der Waals surface area contributed by atoms with Crippen LogP contribution in [0.15, 0.2) is 28.7 Å². The minimum Gasteiger partial charge on any atom is -0.445 e. The van der Waals surface area contributed by atoms with Gasteiger partial charge in [-0.15, -0.1) is 0 Å². The van der Waals surface area contributed by atoms with E-state index in [1.54, 1.807) is 18.2 Å². The molecule has 0 amide bonds. The number of benzene rings is 1. The lowest BCUT2D eigenvalue weighted by molar-refractivity contribution is 0.305. The van der Waals surface area contributed by atoms with Gasteiger partial charge in [0.2, 0.25) is 0 Å². The van der Waals surface area contributed by atoms with Gasteiger partial charge in [-0.2, -0.15) is 0 Å².